The van der Waals surface area contributed by atoms with Gasteiger partial charge in [-0.25, -0.2) is 0 Å². The summed E-state index contributed by atoms with van der Waals surface area (Å²) >= 11 is 9.51. The zero-order valence-corrected chi connectivity index (χ0v) is 16.9. The van der Waals surface area contributed by atoms with Crippen LogP contribution in [-0.2, 0) is 17.9 Å². The molecule has 0 heterocycles. The molecule has 2 aromatic rings. The van der Waals surface area contributed by atoms with Crippen molar-refractivity contribution in [2.45, 2.75) is 33.0 Å². The lowest BCUT2D eigenvalue weighted by Crippen LogP contribution is -2.33. The van der Waals surface area contributed by atoms with Gasteiger partial charge in [0.15, 0.2) is 11.5 Å². The average Bonchev–Trinajstić information content (AvgIpc) is 2.60. The number of benzene rings is 2. The summed E-state index contributed by atoms with van der Waals surface area (Å²) < 4.78 is 12.4. The molecule has 0 spiro atoms. The van der Waals surface area contributed by atoms with Crippen molar-refractivity contribution in [3.8, 4) is 11.5 Å². The summed E-state index contributed by atoms with van der Waals surface area (Å²) in [5.74, 6) is 0.318. The third kappa shape index (κ3) is 5.90. The predicted octanol–water partition coefficient (Wildman–Crippen LogP) is 4.64. The van der Waals surface area contributed by atoms with Gasteiger partial charge in [0.1, 0.15) is 12.6 Å². The fourth-order valence-electron chi connectivity index (χ4n) is 2.23. The summed E-state index contributed by atoms with van der Waals surface area (Å²) in [4.78, 5) is 10.9. The lowest BCUT2D eigenvalue weighted by Gasteiger charge is -2.16. The third-order valence-corrected chi connectivity index (χ3v) is 4.64. The highest BCUT2D eigenvalue weighted by atomic mass is 79.9. The molecular weight excluding hydrogens is 422 g/mol. The molecular formula is C19H21BrClNO4. The maximum absolute atomic E-state index is 10.9. The van der Waals surface area contributed by atoms with Crippen LogP contribution in [0.5, 0.6) is 11.5 Å². The number of ether oxygens (including phenoxy) is 2. The van der Waals surface area contributed by atoms with E-state index in [4.69, 9.17) is 26.2 Å². The normalized spacial score (nSPS) is 11.8. The van der Waals surface area contributed by atoms with Crippen molar-refractivity contribution in [3.05, 3.63) is 57.0 Å². The van der Waals surface area contributed by atoms with Crippen LogP contribution in [0.1, 0.15) is 25.0 Å². The average molecular weight is 443 g/mol. The van der Waals surface area contributed by atoms with Gasteiger partial charge < -0.3 is 19.9 Å². The molecule has 0 aliphatic rings. The maximum atomic E-state index is 10.9. The van der Waals surface area contributed by atoms with Crippen molar-refractivity contribution >= 4 is 33.5 Å². The second-order valence-electron chi connectivity index (χ2n) is 5.68. The monoisotopic (exact) mass is 441 g/mol. The molecule has 0 fully saturated rings. The molecule has 1 atom stereocenters. The minimum Gasteiger partial charge on any atom is -0.490 e. The Kier molecular flexibility index (Phi) is 7.75. The van der Waals surface area contributed by atoms with Gasteiger partial charge in [-0.3, -0.25) is 4.79 Å². The fourth-order valence-corrected chi connectivity index (χ4v) is 2.91. The van der Waals surface area contributed by atoms with E-state index in [0.717, 1.165) is 15.6 Å². The van der Waals surface area contributed by atoms with E-state index in [2.05, 4.69) is 21.2 Å². The van der Waals surface area contributed by atoms with E-state index in [9.17, 15) is 4.79 Å². The number of carbonyl (C=O) groups is 1. The van der Waals surface area contributed by atoms with Crippen molar-refractivity contribution in [3.63, 3.8) is 0 Å². The number of hydrogen-bond acceptors (Lipinski definition) is 4. The molecule has 0 aliphatic heterocycles. The molecule has 0 saturated heterocycles. The summed E-state index contributed by atoms with van der Waals surface area (Å²) in [7, 11) is 0. The van der Waals surface area contributed by atoms with E-state index in [-0.39, 0.29) is 0 Å². The van der Waals surface area contributed by atoms with Crippen LogP contribution in [0.3, 0.4) is 0 Å². The number of aliphatic carboxylic acids is 1. The molecule has 0 bridgehead atoms. The van der Waals surface area contributed by atoms with Gasteiger partial charge in [0.2, 0.25) is 0 Å². The highest BCUT2D eigenvalue weighted by molar-refractivity contribution is 9.10. The fraction of sp³-hybridized carbons (Fsp3) is 0.316. The summed E-state index contributed by atoms with van der Waals surface area (Å²) in [6.07, 6.45) is 0. The molecule has 0 aliphatic carbocycles. The molecule has 2 N–H and O–H groups in total. The molecule has 0 radical (unpaired) electrons. The second-order valence-corrected chi connectivity index (χ2v) is 6.97. The molecule has 26 heavy (non-hydrogen) atoms. The van der Waals surface area contributed by atoms with Crippen LogP contribution < -0.4 is 14.8 Å². The highest BCUT2D eigenvalue weighted by Gasteiger charge is 2.14. The van der Waals surface area contributed by atoms with Crippen LogP contribution in [-0.4, -0.2) is 23.7 Å². The molecule has 2 rings (SSSR count). The highest BCUT2D eigenvalue weighted by Crippen LogP contribution is 2.34. The van der Waals surface area contributed by atoms with E-state index in [1.54, 1.807) is 6.92 Å². The van der Waals surface area contributed by atoms with E-state index in [0.29, 0.717) is 36.3 Å². The number of carboxylic acid groups (broad SMARTS) is 1. The third-order valence-electron chi connectivity index (χ3n) is 3.67. The number of hydrogen-bond donors (Lipinski definition) is 2. The van der Waals surface area contributed by atoms with Crippen molar-refractivity contribution < 1.29 is 19.4 Å². The van der Waals surface area contributed by atoms with E-state index in [1.165, 1.54) is 0 Å². The van der Waals surface area contributed by atoms with Gasteiger partial charge in [-0.2, -0.15) is 0 Å². The quantitative estimate of drug-likeness (QED) is 0.592. The van der Waals surface area contributed by atoms with E-state index >= 15 is 0 Å². The van der Waals surface area contributed by atoms with Gasteiger partial charge in [-0.1, -0.05) is 39.7 Å². The van der Waals surface area contributed by atoms with E-state index < -0.39 is 12.0 Å². The van der Waals surface area contributed by atoms with Gasteiger partial charge in [0.25, 0.3) is 0 Å². The minimum atomic E-state index is -0.896. The Labute approximate surface area is 166 Å². The van der Waals surface area contributed by atoms with Gasteiger partial charge in [0, 0.05) is 16.0 Å². The lowest BCUT2D eigenvalue weighted by atomic mass is 10.2. The van der Waals surface area contributed by atoms with Crippen LogP contribution in [0.25, 0.3) is 0 Å². The van der Waals surface area contributed by atoms with Crippen LogP contribution in [0.2, 0.25) is 5.02 Å². The van der Waals surface area contributed by atoms with Crippen molar-refractivity contribution in [2.24, 2.45) is 0 Å². The Hall–Kier alpha value is -1.76. The molecule has 0 aromatic heterocycles. The van der Waals surface area contributed by atoms with Crippen molar-refractivity contribution in [2.75, 3.05) is 6.61 Å². The Balaban J connectivity index is 2.15. The first-order valence-electron chi connectivity index (χ1n) is 8.19. The van der Waals surface area contributed by atoms with Crippen molar-refractivity contribution in [1.29, 1.82) is 0 Å². The number of rotatable bonds is 9. The van der Waals surface area contributed by atoms with Gasteiger partial charge in [-0.15, -0.1) is 0 Å². The molecule has 1 unspecified atom stereocenters. The van der Waals surface area contributed by atoms with Crippen molar-refractivity contribution in [1.82, 2.24) is 5.32 Å². The number of nitrogens with one attached hydrogen (secondary N) is 1. The summed E-state index contributed by atoms with van der Waals surface area (Å²) in [6, 6.07) is 10.5. The first-order chi connectivity index (χ1) is 12.4. The minimum absolute atomic E-state index is 0.362. The van der Waals surface area contributed by atoms with Crippen LogP contribution in [0, 0.1) is 0 Å². The summed E-state index contributed by atoms with van der Waals surface area (Å²) in [5, 5.41) is 12.6. The molecule has 2 aromatic carbocycles. The Bertz CT molecular complexity index is 769. The molecule has 0 amide bonds. The first kappa shape index (κ1) is 20.6. The molecule has 0 saturated carbocycles. The SMILES string of the molecule is CCOc1cc(CNC(C)C(=O)O)c(Br)cc1OCc1cccc(Cl)c1. The van der Waals surface area contributed by atoms with Crippen LogP contribution in [0.4, 0.5) is 0 Å². The zero-order valence-electron chi connectivity index (χ0n) is 14.6. The molecule has 5 nitrogen and oxygen atoms in total. The van der Waals surface area contributed by atoms with Gasteiger partial charge >= 0.3 is 5.97 Å². The summed E-state index contributed by atoms with van der Waals surface area (Å²) in [6.45, 7) is 4.74. The van der Waals surface area contributed by atoms with Crippen LogP contribution >= 0.6 is 27.5 Å². The smallest absolute Gasteiger partial charge is 0.320 e. The van der Waals surface area contributed by atoms with Gasteiger partial charge in [0.05, 0.1) is 6.61 Å². The van der Waals surface area contributed by atoms with Gasteiger partial charge in [-0.05, 0) is 49.2 Å². The Morgan fingerprint density at radius 2 is 2.00 bits per heavy atom. The largest absolute Gasteiger partial charge is 0.490 e. The number of halogens is 2. The maximum Gasteiger partial charge on any atom is 0.320 e. The Morgan fingerprint density at radius 1 is 1.27 bits per heavy atom. The first-order valence-corrected chi connectivity index (χ1v) is 9.36. The zero-order chi connectivity index (χ0) is 19.1. The Morgan fingerprint density at radius 3 is 2.65 bits per heavy atom. The topological polar surface area (TPSA) is 67.8 Å². The van der Waals surface area contributed by atoms with E-state index in [1.807, 2.05) is 43.3 Å². The van der Waals surface area contributed by atoms with Crippen LogP contribution in [0.15, 0.2) is 40.9 Å². The standard InChI is InChI=1S/C19H21BrClNO4/c1-3-25-17-8-14(10-22-12(2)19(23)24)16(20)9-18(17)26-11-13-5-4-6-15(21)7-13/h4-9,12,22H,3,10-11H2,1-2H3,(H,23,24). The lowest BCUT2D eigenvalue weighted by molar-refractivity contribution is -0.139. The molecule has 140 valence electrons. The molecule has 7 heteroatoms. The predicted molar refractivity (Wildman–Crippen MR) is 105 cm³/mol. The number of carboxylic acids is 1. The second kappa shape index (κ2) is 9.80. The summed E-state index contributed by atoms with van der Waals surface area (Å²) in [5.41, 5.74) is 1.84.